The summed E-state index contributed by atoms with van der Waals surface area (Å²) in [5.41, 5.74) is 1.75. The minimum absolute atomic E-state index is 0.0517. The topological polar surface area (TPSA) is 159 Å². The molecule has 4 amide bonds. The second-order valence-corrected chi connectivity index (χ2v) is 24.0. The first kappa shape index (κ1) is 54.8. The Morgan fingerprint density at radius 1 is 0.577 bits per heavy atom. The summed E-state index contributed by atoms with van der Waals surface area (Å²) in [5.74, 6) is 0.726. The highest BCUT2D eigenvalue weighted by molar-refractivity contribution is 7.88. The predicted octanol–water partition coefficient (Wildman–Crippen LogP) is 8.70. The number of likely N-dealkylation sites (tertiary alicyclic amines) is 2. The maximum absolute atomic E-state index is 13.3. The standard InChI is InChI=1S/C24H27Cl2F3N4O3S.C22H26Cl3N5O3S/c1-37(35,36)33-10-8-31(9-11-33)23(34)32-14-17(20(15-32)16-2-7-21(25)22(26)12-16)13-30-19-5-3-18(4-6-19)24(27,28)29;1-34(32,33)30-8-6-28(7-9-30)22(31)29-13-16(11-26-21-5-3-17(23)12-27-21)18(14-29)15-2-4-19(24)20(25)10-15/h2-7,12,17,20,30H,8-11,13-15H2,1H3;2-5,10,12,16,18H,6-9,11,13-14H2,1H3,(H,26,27). The molecule has 4 unspecified atom stereocenters. The summed E-state index contributed by atoms with van der Waals surface area (Å²) in [7, 11) is -6.57. The normalized spacial score (nSPS) is 21.5. The number of urea groups is 2. The molecule has 0 saturated carbocycles. The zero-order valence-electron chi connectivity index (χ0n) is 38.6. The van der Waals surface area contributed by atoms with Crippen molar-refractivity contribution in [2.24, 2.45) is 11.8 Å². The van der Waals surface area contributed by atoms with Gasteiger partial charge >= 0.3 is 18.2 Å². The molecule has 25 heteroatoms. The van der Waals surface area contributed by atoms with Gasteiger partial charge < -0.3 is 30.2 Å². The summed E-state index contributed by atoms with van der Waals surface area (Å²) in [6, 6.07) is 19.1. The lowest BCUT2D eigenvalue weighted by Crippen LogP contribution is -2.53. The molecule has 0 bridgehead atoms. The van der Waals surface area contributed by atoms with E-state index in [0.29, 0.717) is 115 Å². The third-order valence-electron chi connectivity index (χ3n) is 13.2. The number of nitrogens with one attached hydrogen (secondary N) is 2. The van der Waals surface area contributed by atoms with E-state index >= 15 is 0 Å². The molecular formula is C46H53Cl5F3N9O6S2. The molecule has 0 radical (unpaired) electrons. The molecule has 71 heavy (non-hydrogen) atoms. The van der Waals surface area contributed by atoms with E-state index < -0.39 is 31.8 Å². The zero-order chi connectivity index (χ0) is 51.4. The molecule has 4 aliphatic rings. The van der Waals surface area contributed by atoms with Crippen LogP contribution in [0.1, 0.15) is 28.5 Å². The first-order valence-corrected chi connectivity index (χ1v) is 28.2. The van der Waals surface area contributed by atoms with Crippen molar-refractivity contribution >= 4 is 102 Å². The van der Waals surface area contributed by atoms with E-state index in [1.54, 1.807) is 45.2 Å². The summed E-state index contributed by atoms with van der Waals surface area (Å²) < 4.78 is 88.6. The molecule has 1 aromatic heterocycles. The second-order valence-electron chi connectivity index (χ2n) is 18.0. The lowest BCUT2D eigenvalue weighted by Gasteiger charge is -2.35. The van der Waals surface area contributed by atoms with Crippen molar-refractivity contribution in [1.82, 2.24) is 33.2 Å². The number of rotatable bonds is 10. The highest BCUT2D eigenvalue weighted by Crippen LogP contribution is 2.39. The van der Waals surface area contributed by atoms with Crippen molar-refractivity contribution in [3.05, 3.63) is 121 Å². The van der Waals surface area contributed by atoms with Crippen LogP contribution in [0.3, 0.4) is 0 Å². The van der Waals surface area contributed by atoms with Gasteiger partial charge in [-0.3, -0.25) is 0 Å². The van der Waals surface area contributed by atoms with Gasteiger partial charge in [-0.25, -0.2) is 31.4 Å². The van der Waals surface area contributed by atoms with Crippen LogP contribution in [0.5, 0.6) is 0 Å². The first-order chi connectivity index (χ1) is 33.4. The number of sulfonamides is 2. The molecule has 3 aromatic carbocycles. The van der Waals surface area contributed by atoms with Crippen molar-refractivity contribution in [3.63, 3.8) is 0 Å². The van der Waals surface area contributed by atoms with E-state index in [0.717, 1.165) is 29.5 Å². The average molecular weight is 1130 g/mol. The Morgan fingerprint density at radius 3 is 1.39 bits per heavy atom. The van der Waals surface area contributed by atoms with Crippen molar-refractivity contribution in [2.75, 3.05) is 115 Å². The van der Waals surface area contributed by atoms with Crippen molar-refractivity contribution in [1.29, 1.82) is 0 Å². The maximum atomic E-state index is 13.3. The Labute approximate surface area is 437 Å². The van der Waals surface area contributed by atoms with Gasteiger partial charge in [0.05, 0.1) is 43.2 Å². The molecule has 4 aliphatic heterocycles. The van der Waals surface area contributed by atoms with Gasteiger partial charge in [0.25, 0.3) is 0 Å². The number of benzene rings is 3. The van der Waals surface area contributed by atoms with Crippen LogP contribution in [-0.2, 0) is 26.2 Å². The number of pyridine rings is 1. The molecule has 0 spiro atoms. The molecule has 2 N–H and O–H groups in total. The van der Waals surface area contributed by atoms with Crippen LogP contribution in [0.25, 0.3) is 0 Å². The van der Waals surface area contributed by atoms with Crippen molar-refractivity contribution in [3.8, 4) is 0 Å². The molecule has 4 atom stereocenters. The Morgan fingerprint density at radius 2 is 1.01 bits per heavy atom. The highest BCUT2D eigenvalue weighted by Gasteiger charge is 2.41. The van der Waals surface area contributed by atoms with Gasteiger partial charge in [-0.05, 0) is 71.8 Å². The van der Waals surface area contributed by atoms with Gasteiger partial charge in [-0.15, -0.1) is 0 Å². The minimum Gasteiger partial charge on any atom is -0.385 e. The largest absolute Gasteiger partial charge is 0.416 e. The number of carbonyl (C=O) groups is 2. The van der Waals surface area contributed by atoms with E-state index in [4.69, 9.17) is 58.0 Å². The van der Waals surface area contributed by atoms with Gasteiger partial charge in [-0.1, -0.05) is 70.1 Å². The smallest absolute Gasteiger partial charge is 0.385 e. The third kappa shape index (κ3) is 14.2. The molecule has 4 saturated heterocycles. The molecule has 386 valence electrons. The van der Waals surface area contributed by atoms with E-state index in [9.17, 15) is 39.6 Å². The number of piperazine rings is 2. The number of nitrogens with zero attached hydrogens (tertiary/aromatic N) is 7. The lowest BCUT2D eigenvalue weighted by atomic mass is 9.89. The number of alkyl halides is 3. The summed E-state index contributed by atoms with van der Waals surface area (Å²) >= 11 is 30.7. The van der Waals surface area contributed by atoms with Crippen LogP contribution in [0, 0.1) is 11.8 Å². The third-order valence-corrected chi connectivity index (χ3v) is 17.5. The van der Waals surface area contributed by atoms with E-state index in [1.807, 2.05) is 29.2 Å². The lowest BCUT2D eigenvalue weighted by molar-refractivity contribution is -0.137. The van der Waals surface area contributed by atoms with Crippen molar-refractivity contribution in [2.45, 2.75) is 18.0 Å². The van der Waals surface area contributed by atoms with Crippen LogP contribution in [-0.4, -0.2) is 166 Å². The number of hydrogen-bond acceptors (Lipinski definition) is 9. The molecular weight excluding hydrogens is 1070 g/mol. The molecule has 5 heterocycles. The number of amides is 4. The van der Waals surface area contributed by atoms with Crippen LogP contribution < -0.4 is 10.6 Å². The molecule has 4 aromatic rings. The van der Waals surface area contributed by atoms with Gasteiger partial charge in [-0.2, -0.15) is 21.8 Å². The number of carbonyl (C=O) groups excluding carboxylic acids is 2. The fourth-order valence-electron chi connectivity index (χ4n) is 9.27. The summed E-state index contributed by atoms with van der Waals surface area (Å²) in [5, 5.41) is 8.89. The Balaban J connectivity index is 0.000000209. The predicted molar refractivity (Wildman–Crippen MR) is 273 cm³/mol. The van der Waals surface area contributed by atoms with E-state index in [-0.39, 0.29) is 48.8 Å². The maximum Gasteiger partial charge on any atom is 0.416 e. The van der Waals surface area contributed by atoms with Crippen LogP contribution in [0.15, 0.2) is 79.0 Å². The highest BCUT2D eigenvalue weighted by atomic mass is 35.5. The summed E-state index contributed by atoms with van der Waals surface area (Å²) in [4.78, 5) is 37.9. The average Bonchev–Trinajstić information content (AvgIpc) is 3.97. The molecule has 15 nitrogen and oxygen atoms in total. The second kappa shape index (κ2) is 23.1. The van der Waals surface area contributed by atoms with Gasteiger partial charge in [0.1, 0.15) is 5.82 Å². The number of anilines is 2. The Hall–Kier alpha value is -3.99. The molecule has 4 fully saturated rings. The van der Waals surface area contributed by atoms with Gasteiger partial charge in [0.2, 0.25) is 20.0 Å². The van der Waals surface area contributed by atoms with Crippen LogP contribution in [0.4, 0.5) is 34.3 Å². The summed E-state index contributed by atoms with van der Waals surface area (Å²) in [6.45, 7) is 5.39. The number of hydrogen-bond donors (Lipinski definition) is 2. The minimum atomic E-state index is -4.41. The molecule has 0 aliphatic carbocycles. The Kier molecular flexibility index (Phi) is 17.8. The van der Waals surface area contributed by atoms with E-state index in [1.165, 1.54) is 27.0 Å². The fourth-order valence-corrected chi connectivity index (χ4v) is 11.7. The van der Waals surface area contributed by atoms with Crippen LogP contribution in [0.2, 0.25) is 25.1 Å². The van der Waals surface area contributed by atoms with E-state index in [2.05, 4.69) is 15.6 Å². The Bertz CT molecular complexity index is 2750. The zero-order valence-corrected chi connectivity index (χ0v) is 44.0. The number of aromatic nitrogens is 1. The van der Waals surface area contributed by atoms with Crippen LogP contribution >= 0.6 is 58.0 Å². The SMILES string of the molecule is CS(=O)(=O)N1CCN(C(=O)N2CC(CNc3ccc(C(F)(F)F)cc3)C(c3ccc(Cl)c(Cl)c3)C2)CC1.CS(=O)(=O)N1CCN(C(=O)N2CC(CNc3ccc(Cl)cn3)C(c3ccc(Cl)c(Cl)c3)C2)CC1. The first-order valence-electron chi connectivity index (χ1n) is 22.6. The van der Waals surface area contributed by atoms with Gasteiger partial charge in [0, 0.05) is 127 Å². The fraction of sp³-hybridized carbons (Fsp3) is 0.457. The van der Waals surface area contributed by atoms with Gasteiger partial charge in [0.15, 0.2) is 0 Å². The number of halogens is 8. The molecule has 8 rings (SSSR count). The monoisotopic (exact) mass is 1120 g/mol. The van der Waals surface area contributed by atoms with Crippen molar-refractivity contribution < 1.29 is 39.6 Å². The quantitative estimate of drug-likeness (QED) is 0.159. The summed E-state index contributed by atoms with van der Waals surface area (Å²) in [6.07, 6.45) is -0.474.